The molecule has 2 heterocycles. The van der Waals surface area contributed by atoms with Crippen LogP contribution in [0.4, 0.5) is 14.2 Å². The van der Waals surface area contributed by atoms with Gasteiger partial charge in [0, 0.05) is 30.5 Å². The van der Waals surface area contributed by atoms with Crippen LogP contribution in [-0.4, -0.2) is 34.9 Å². The monoisotopic (exact) mass is 410 g/mol. The molecule has 0 unspecified atom stereocenters. The van der Waals surface area contributed by atoms with Gasteiger partial charge in [-0.15, -0.1) is 11.3 Å². The fourth-order valence-corrected chi connectivity index (χ4v) is 4.35. The van der Waals surface area contributed by atoms with Crippen molar-refractivity contribution in [3.05, 3.63) is 45.3 Å². The van der Waals surface area contributed by atoms with Gasteiger partial charge in [0.25, 0.3) is 0 Å². The number of aryl methyl sites for hydroxylation is 1. The molecular weight excluding hydrogens is 391 g/mol. The van der Waals surface area contributed by atoms with Crippen molar-refractivity contribution in [2.24, 2.45) is 11.7 Å². The number of carbonyl (C=O) groups is 2. The number of thiazole rings is 1. The zero-order valence-electron chi connectivity index (χ0n) is 14.8. The van der Waals surface area contributed by atoms with Crippen molar-refractivity contribution in [1.82, 2.24) is 9.88 Å². The quantitative estimate of drug-likeness (QED) is 0.807. The summed E-state index contributed by atoms with van der Waals surface area (Å²) in [6, 6.07) is 3.93. The summed E-state index contributed by atoms with van der Waals surface area (Å²) < 4.78 is 13.5. The molecule has 144 valence electrons. The van der Waals surface area contributed by atoms with E-state index in [2.05, 4.69) is 10.3 Å². The second kappa shape index (κ2) is 8.22. The number of rotatable bonds is 4. The van der Waals surface area contributed by atoms with Crippen molar-refractivity contribution in [3.63, 3.8) is 0 Å². The number of nitrogens with zero attached hydrogens (tertiary/aromatic N) is 2. The number of amides is 3. The Balaban J connectivity index is 1.63. The Morgan fingerprint density at radius 2 is 2.07 bits per heavy atom. The molecule has 1 aliphatic rings. The van der Waals surface area contributed by atoms with E-state index in [1.807, 2.05) is 6.92 Å². The van der Waals surface area contributed by atoms with Crippen LogP contribution in [0, 0.1) is 18.7 Å². The molecule has 2 aromatic rings. The molecule has 1 aromatic heterocycles. The summed E-state index contributed by atoms with van der Waals surface area (Å²) in [5.74, 6) is -0.625. The molecule has 0 atom stereocenters. The zero-order chi connectivity index (χ0) is 19.6. The average molecular weight is 411 g/mol. The van der Waals surface area contributed by atoms with Gasteiger partial charge in [-0.25, -0.2) is 14.2 Å². The summed E-state index contributed by atoms with van der Waals surface area (Å²) >= 11 is 7.26. The van der Waals surface area contributed by atoms with Gasteiger partial charge in [-0.05, 0) is 43.5 Å². The number of urea groups is 1. The zero-order valence-corrected chi connectivity index (χ0v) is 16.4. The predicted molar refractivity (Wildman–Crippen MR) is 104 cm³/mol. The number of anilines is 1. The highest BCUT2D eigenvalue weighted by atomic mass is 35.5. The molecule has 3 rings (SSSR count). The van der Waals surface area contributed by atoms with Gasteiger partial charge in [-0.3, -0.25) is 4.79 Å². The van der Waals surface area contributed by atoms with Crippen LogP contribution < -0.4 is 11.1 Å². The van der Waals surface area contributed by atoms with Crippen molar-refractivity contribution in [2.75, 3.05) is 18.4 Å². The molecule has 1 fully saturated rings. The van der Waals surface area contributed by atoms with Gasteiger partial charge in [0.1, 0.15) is 10.8 Å². The Morgan fingerprint density at radius 1 is 1.37 bits per heavy atom. The van der Waals surface area contributed by atoms with Crippen molar-refractivity contribution in [3.8, 4) is 0 Å². The number of likely N-dealkylation sites (tertiary alicyclic amines) is 1. The fraction of sp³-hybridized carbons (Fsp3) is 0.389. The van der Waals surface area contributed by atoms with Crippen molar-refractivity contribution in [2.45, 2.75) is 26.2 Å². The Labute approximate surface area is 165 Å². The van der Waals surface area contributed by atoms with Crippen LogP contribution in [0.2, 0.25) is 5.02 Å². The van der Waals surface area contributed by atoms with Crippen LogP contribution in [0.25, 0.3) is 0 Å². The van der Waals surface area contributed by atoms with Crippen LogP contribution in [-0.2, 0) is 11.2 Å². The number of carbonyl (C=O) groups excluding carboxylic acids is 2. The Kier molecular flexibility index (Phi) is 5.96. The molecule has 1 aliphatic heterocycles. The lowest BCUT2D eigenvalue weighted by atomic mass is 9.96. The van der Waals surface area contributed by atoms with Crippen LogP contribution in [0.3, 0.4) is 0 Å². The van der Waals surface area contributed by atoms with E-state index in [9.17, 15) is 14.0 Å². The lowest BCUT2D eigenvalue weighted by Crippen LogP contribution is -2.43. The first-order valence-corrected chi connectivity index (χ1v) is 9.78. The molecular formula is C18H20ClFN4O2S. The SMILES string of the molecule is Cc1nc(Cc2cc(F)cc(Cl)c2)sc1NC(=O)C1CCN(C(N)=O)CC1. The molecule has 27 heavy (non-hydrogen) atoms. The van der Waals surface area contributed by atoms with E-state index in [4.69, 9.17) is 17.3 Å². The smallest absolute Gasteiger partial charge is 0.314 e. The number of primary amides is 1. The molecule has 9 heteroatoms. The van der Waals surface area contributed by atoms with Gasteiger partial charge >= 0.3 is 6.03 Å². The highest BCUT2D eigenvalue weighted by Gasteiger charge is 2.27. The van der Waals surface area contributed by atoms with Gasteiger partial charge in [-0.1, -0.05) is 11.6 Å². The van der Waals surface area contributed by atoms with Crippen LogP contribution in [0.15, 0.2) is 18.2 Å². The Morgan fingerprint density at radius 3 is 2.70 bits per heavy atom. The van der Waals surface area contributed by atoms with E-state index in [1.54, 1.807) is 11.0 Å². The first-order valence-electron chi connectivity index (χ1n) is 8.58. The third-order valence-corrected chi connectivity index (χ3v) is 5.82. The minimum absolute atomic E-state index is 0.0776. The number of piperidine rings is 1. The van der Waals surface area contributed by atoms with Crippen molar-refractivity contribution >= 4 is 39.9 Å². The topological polar surface area (TPSA) is 88.3 Å². The molecule has 0 bridgehead atoms. The van der Waals surface area contributed by atoms with Gasteiger partial charge in [0.05, 0.1) is 10.7 Å². The van der Waals surface area contributed by atoms with E-state index in [0.29, 0.717) is 42.4 Å². The van der Waals surface area contributed by atoms with Gasteiger partial charge in [0.2, 0.25) is 5.91 Å². The van der Waals surface area contributed by atoms with E-state index in [1.165, 1.54) is 23.5 Å². The fourth-order valence-electron chi connectivity index (χ4n) is 3.11. The van der Waals surface area contributed by atoms with E-state index >= 15 is 0 Å². The summed E-state index contributed by atoms with van der Waals surface area (Å²) in [7, 11) is 0. The summed E-state index contributed by atoms with van der Waals surface area (Å²) in [5, 5.41) is 4.74. The number of hydrogen-bond acceptors (Lipinski definition) is 4. The molecule has 6 nitrogen and oxygen atoms in total. The van der Waals surface area contributed by atoms with Crippen LogP contribution in [0.1, 0.15) is 29.1 Å². The first-order chi connectivity index (χ1) is 12.8. The van der Waals surface area contributed by atoms with Crippen molar-refractivity contribution in [1.29, 1.82) is 0 Å². The number of aromatic nitrogens is 1. The number of hydrogen-bond donors (Lipinski definition) is 2. The van der Waals surface area contributed by atoms with Gasteiger partial charge in [0.15, 0.2) is 0 Å². The molecule has 0 spiro atoms. The summed E-state index contributed by atoms with van der Waals surface area (Å²) in [5.41, 5.74) is 6.71. The standard InChI is InChI=1S/C18H20ClFN4O2S/c1-10-17(23-16(25)12-2-4-24(5-3-12)18(21)26)27-15(22-10)8-11-6-13(19)9-14(20)7-11/h6-7,9,12H,2-5,8H2,1H3,(H2,21,26)(H,23,25). The minimum Gasteiger partial charge on any atom is -0.351 e. The van der Waals surface area contributed by atoms with E-state index < -0.39 is 6.03 Å². The minimum atomic E-state index is -0.450. The van der Waals surface area contributed by atoms with Crippen molar-refractivity contribution < 1.29 is 14.0 Å². The lowest BCUT2D eigenvalue weighted by Gasteiger charge is -2.29. The predicted octanol–water partition coefficient (Wildman–Crippen LogP) is 3.56. The molecule has 0 aliphatic carbocycles. The highest BCUT2D eigenvalue weighted by Crippen LogP contribution is 2.28. The van der Waals surface area contributed by atoms with Gasteiger partial charge in [-0.2, -0.15) is 0 Å². The summed E-state index contributed by atoms with van der Waals surface area (Å²) in [4.78, 5) is 29.7. The third-order valence-electron chi connectivity index (χ3n) is 4.53. The maximum Gasteiger partial charge on any atom is 0.314 e. The normalized spacial score (nSPS) is 15.0. The van der Waals surface area contributed by atoms with E-state index in [0.717, 1.165) is 16.3 Å². The second-order valence-corrected chi connectivity index (χ2v) is 8.09. The van der Waals surface area contributed by atoms with Crippen LogP contribution >= 0.6 is 22.9 Å². The van der Waals surface area contributed by atoms with Gasteiger partial charge < -0.3 is 16.0 Å². The lowest BCUT2D eigenvalue weighted by molar-refractivity contribution is -0.121. The Hall–Kier alpha value is -2.19. The molecule has 1 saturated heterocycles. The van der Waals surface area contributed by atoms with Crippen LogP contribution in [0.5, 0.6) is 0 Å². The molecule has 3 amide bonds. The number of nitrogens with two attached hydrogens (primary N) is 1. The summed E-state index contributed by atoms with van der Waals surface area (Å²) in [6.07, 6.45) is 1.61. The molecule has 0 saturated carbocycles. The molecule has 3 N–H and O–H groups in total. The molecule has 1 aromatic carbocycles. The number of nitrogens with one attached hydrogen (secondary N) is 1. The highest BCUT2D eigenvalue weighted by molar-refractivity contribution is 7.16. The Bertz CT molecular complexity index is 845. The van der Waals surface area contributed by atoms with E-state index in [-0.39, 0.29) is 17.6 Å². The first kappa shape index (κ1) is 19.6. The third kappa shape index (κ3) is 4.95. The number of benzene rings is 1. The summed E-state index contributed by atoms with van der Waals surface area (Å²) in [6.45, 7) is 2.80. The maximum atomic E-state index is 13.5. The molecule has 0 radical (unpaired) electrons. The largest absolute Gasteiger partial charge is 0.351 e. The second-order valence-electron chi connectivity index (χ2n) is 6.57. The average Bonchev–Trinajstić information content (AvgIpc) is 2.93. The number of halogens is 2. The maximum absolute atomic E-state index is 13.5.